The molecule has 3 heteroatoms. The Morgan fingerprint density at radius 3 is 2.48 bits per heavy atom. The highest BCUT2D eigenvalue weighted by Crippen LogP contribution is 2.40. The molecule has 0 aliphatic rings. The van der Waals surface area contributed by atoms with Gasteiger partial charge in [-0.3, -0.25) is 0 Å². The van der Waals surface area contributed by atoms with Gasteiger partial charge in [0.15, 0.2) is 0 Å². The number of H-pyrrole nitrogens is 1. The smallest absolute Gasteiger partial charge is 0.0812 e. The summed E-state index contributed by atoms with van der Waals surface area (Å²) in [6.07, 6.45) is 0. The van der Waals surface area contributed by atoms with Gasteiger partial charge in [0.05, 0.1) is 26.8 Å². The molecule has 108 valence electrons. The van der Waals surface area contributed by atoms with Crippen molar-refractivity contribution in [2.24, 2.45) is 0 Å². The van der Waals surface area contributed by atoms with E-state index in [2.05, 4.69) is 76.1 Å². The molecule has 2 nitrogen and oxygen atoms in total. The van der Waals surface area contributed by atoms with E-state index < -0.39 is 0 Å². The predicted molar refractivity (Wildman–Crippen MR) is 99.6 cm³/mol. The lowest BCUT2D eigenvalue weighted by Crippen LogP contribution is -1.83. The SMILES string of the molecule is c1cc2[nH]c3c4ccccc4n4c5ccccc5sc(c1)c2c34. The first kappa shape index (κ1) is 11.7. The first-order valence-electron chi connectivity index (χ1n) is 7.73. The second-order valence-electron chi connectivity index (χ2n) is 5.95. The zero-order chi connectivity index (χ0) is 15.0. The van der Waals surface area contributed by atoms with E-state index in [-0.39, 0.29) is 0 Å². The van der Waals surface area contributed by atoms with E-state index in [9.17, 15) is 0 Å². The maximum atomic E-state index is 3.65. The highest BCUT2D eigenvalue weighted by Gasteiger charge is 2.17. The predicted octanol–water partition coefficient (Wildman–Crippen LogP) is 5.94. The third-order valence-corrected chi connectivity index (χ3v) is 5.85. The van der Waals surface area contributed by atoms with Gasteiger partial charge in [0.25, 0.3) is 0 Å². The fourth-order valence-corrected chi connectivity index (χ4v) is 4.90. The Bertz CT molecular complexity index is 1360. The molecule has 0 aliphatic carbocycles. The fourth-order valence-electron chi connectivity index (χ4n) is 3.80. The van der Waals surface area contributed by atoms with E-state index >= 15 is 0 Å². The molecule has 3 heterocycles. The summed E-state index contributed by atoms with van der Waals surface area (Å²) in [7, 11) is 0. The van der Waals surface area contributed by atoms with Gasteiger partial charge in [0.2, 0.25) is 0 Å². The van der Waals surface area contributed by atoms with Crippen LogP contribution in [0.15, 0.2) is 66.7 Å². The van der Waals surface area contributed by atoms with Crippen molar-refractivity contribution in [3.8, 4) is 0 Å². The number of aromatic nitrogens is 2. The van der Waals surface area contributed by atoms with Crippen molar-refractivity contribution in [3.63, 3.8) is 0 Å². The summed E-state index contributed by atoms with van der Waals surface area (Å²) in [5, 5.41) is 2.62. The summed E-state index contributed by atoms with van der Waals surface area (Å²) in [4.78, 5) is 3.65. The summed E-state index contributed by atoms with van der Waals surface area (Å²) < 4.78 is 5.05. The van der Waals surface area contributed by atoms with Crippen LogP contribution in [0, 0.1) is 0 Å². The standard InChI is InChI=1S/C20H12N2S/c1-2-8-14-12(6-1)19-20-18-13(21-19)7-5-11-17(18)23-16-10-4-3-9-15(16)22(14)20/h1-11,21H. The lowest BCUT2D eigenvalue weighted by molar-refractivity contribution is 1.36. The van der Waals surface area contributed by atoms with Gasteiger partial charge < -0.3 is 9.38 Å². The quantitative estimate of drug-likeness (QED) is 0.358. The van der Waals surface area contributed by atoms with Crippen molar-refractivity contribution >= 4 is 59.1 Å². The van der Waals surface area contributed by atoms with Crippen molar-refractivity contribution in [3.05, 3.63) is 66.7 Å². The molecule has 0 unspecified atom stereocenters. The Kier molecular flexibility index (Phi) is 2.01. The van der Waals surface area contributed by atoms with Crippen LogP contribution in [-0.2, 0) is 0 Å². The van der Waals surface area contributed by atoms with Crippen molar-refractivity contribution in [2.45, 2.75) is 0 Å². The molecule has 6 rings (SSSR count). The normalized spacial score (nSPS) is 12.3. The first-order chi connectivity index (χ1) is 11.4. The fraction of sp³-hybridized carbons (Fsp3) is 0. The Morgan fingerprint density at radius 2 is 1.52 bits per heavy atom. The van der Waals surface area contributed by atoms with E-state index in [1.54, 1.807) is 0 Å². The average Bonchev–Trinajstić information content (AvgIpc) is 3.05. The second kappa shape index (κ2) is 3.94. The zero-order valence-electron chi connectivity index (χ0n) is 12.2. The number of rotatable bonds is 0. The largest absolute Gasteiger partial charge is 0.353 e. The van der Waals surface area contributed by atoms with Gasteiger partial charge in [-0.2, -0.15) is 0 Å². The molecule has 0 amide bonds. The maximum absolute atomic E-state index is 3.65. The van der Waals surface area contributed by atoms with E-state index in [1.807, 2.05) is 11.3 Å². The molecule has 3 aromatic heterocycles. The minimum absolute atomic E-state index is 1.22. The van der Waals surface area contributed by atoms with Crippen LogP contribution in [0.2, 0.25) is 0 Å². The van der Waals surface area contributed by atoms with Crippen LogP contribution in [0.4, 0.5) is 0 Å². The molecule has 0 spiro atoms. The van der Waals surface area contributed by atoms with E-state index in [0.717, 1.165) is 0 Å². The number of hydrogen-bond acceptors (Lipinski definition) is 1. The molecule has 0 atom stereocenters. The lowest BCUT2D eigenvalue weighted by atomic mass is 10.2. The molecule has 0 bridgehead atoms. The zero-order valence-corrected chi connectivity index (χ0v) is 13.0. The van der Waals surface area contributed by atoms with Crippen LogP contribution in [0.1, 0.15) is 0 Å². The average molecular weight is 312 g/mol. The second-order valence-corrected chi connectivity index (χ2v) is 7.03. The van der Waals surface area contributed by atoms with Crippen LogP contribution in [0.3, 0.4) is 0 Å². The highest BCUT2D eigenvalue weighted by molar-refractivity contribution is 7.24. The van der Waals surface area contributed by atoms with E-state index in [1.165, 1.54) is 47.8 Å². The number of benzene rings is 3. The Morgan fingerprint density at radius 1 is 0.739 bits per heavy atom. The van der Waals surface area contributed by atoms with Gasteiger partial charge in [-0.05, 0) is 30.3 Å². The van der Waals surface area contributed by atoms with Crippen LogP contribution >= 0.6 is 11.3 Å². The number of aromatic amines is 1. The summed E-state index contributed by atoms with van der Waals surface area (Å²) in [6, 6.07) is 23.9. The number of nitrogens with zero attached hydrogens (tertiary/aromatic N) is 1. The molecule has 0 saturated heterocycles. The maximum Gasteiger partial charge on any atom is 0.0812 e. The third kappa shape index (κ3) is 1.34. The molecular weight excluding hydrogens is 300 g/mol. The number of hydrogen-bond donors (Lipinski definition) is 1. The summed E-state index contributed by atoms with van der Waals surface area (Å²) in [5.41, 5.74) is 6.28. The van der Waals surface area contributed by atoms with Crippen molar-refractivity contribution in [1.29, 1.82) is 0 Å². The monoisotopic (exact) mass is 312 g/mol. The molecule has 0 aliphatic heterocycles. The molecule has 1 N–H and O–H groups in total. The summed E-state index contributed by atoms with van der Waals surface area (Å²) in [5.74, 6) is 0. The number of nitrogens with one attached hydrogen (secondary N) is 1. The molecular formula is C20H12N2S. The summed E-state index contributed by atoms with van der Waals surface area (Å²) in [6.45, 7) is 0. The minimum atomic E-state index is 1.22. The Hall–Kier alpha value is -2.78. The lowest BCUT2D eigenvalue weighted by Gasteiger charge is -1.99. The van der Waals surface area contributed by atoms with Gasteiger partial charge in [0.1, 0.15) is 0 Å². The van der Waals surface area contributed by atoms with Gasteiger partial charge in [-0.1, -0.05) is 36.4 Å². The first-order valence-corrected chi connectivity index (χ1v) is 8.54. The molecule has 3 aromatic carbocycles. The third-order valence-electron chi connectivity index (χ3n) is 4.72. The van der Waals surface area contributed by atoms with Crippen molar-refractivity contribution in [2.75, 3.05) is 0 Å². The van der Waals surface area contributed by atoms with E-state index in [0.29, 0.717) is 0 Å². The van der Waals surface area contributed by atoms with E-state index in [4.69, 9.17) is 0 Å². The van der Waals surface area contributed by atoms with Crippen LogP contribution < -0.4 is 0 Å². The Balaban J connectivity index is 2.17. The molecule has 0 fully saturated rings. The minimum Gasteiger partial charge on any atom is -0.353 e. The molecule has 0 saturated carbocycles. The van der Waals surface area contributed by atoms with Crippen LogP contribution in [0.25, 0.3) is 47.8 Å². The van der Waals surface area contributed by atoms with Crippen molar-refractivity contribution < 1.29 is 0 Å². The van der Waals surface area contributed by atoms with Crippen molar-refractivity contribution in [1.82, 2.24) is 9.38 Å². The van der Waals surface area contributed by atoms with Gasteiger partial charge in [-0.25, -0.2) is 0 Å². The summed E-state index contributed by atoms with van der Waals surface area (Å²) >= 11 is 1.86. The van der Waals surface area contributed by atoms with Crippen LogP contribution in [-0.4, -0.2) is 9.38 Å². The molecule has 6 aromatic rings. The van der Waals surface area contributed by atoms with Gasteiger partial charge in [0, 0.05) is 21.0 Å². The van der Waals surface area contributed by atoms with Gasteiger partial charge >= 0.3 is 0 Å². The topological polar surface area (TPSA) is 20.2 Å². The highest BCUT2D eigenvalue weighted by atomic mass is 32.1. The molecule has 23 heavy (non-hydrogen) atoms. The number of para-hydroxylation sites is 2. The molecule has 0 radical (unpaired) electrons. The van der Waals surface area contributed by atoms with Crippen LogP contribution in [0.5, 0.6) is 0 Å². The number of fused-ring (bicyclic) bond motifs is 5. The Labute approximate surface area is 135 Å². The van der Waals surface area contributed by atoms with Gasteiger partial charge in [-0.15, -0.1) is 11.3 Å².